The van der Waals surface area contributed by atoms with Crippen LogP contribution in [0.2, 0.25) is 0 Å². The maximum Gasteiger partial charge on any atom is 0.175 e. The van der Waals surface area contributed by atoms with Crippen molar-refractivity contribution in [3.63, 3.8) is 0 Å². The number of hydrogen-bond donors (Lipinski definition) is 3. The highest BCUT2D eigenvalue weighted by Gasteiger charge is 2.12. The van der Waals surface area contributed by atoms with Gasteiger partial charge in [0.15, 0.2) is 11.7 Å². The number of oxime groups is 1. The zero-order chi connectivity index (χ0) is 11.5. The number of rotatable bonds is 2. The summed E-state index contributed by atoms with van der Waals surface area (Å²) >= 11 is 0. The van der Waals surface area contributed by atoms with E-state index in [9.17, 15) is 0 Å². The van der Waals surface area contributed by atoms with E-state index in [4.69, 9.17) is 16.7 Å². The predicted molar refractivity (Wildman–Crippen MR) is 58.3 cm³/mol. The van der Waals surface area contributed by atoms with E-state index < -0.39 is 0 Å². The van der Waals surface area contributed by atoms with Crippen molar-refractivity contribution in [2.24, 2.45) is 10.9 Å². The fraction of sp³-hybridized carbons (Fsp3) is 0. The van der Waals surface area contributed by atoms with Crippen LogP contribution in [-0.4, -0.2) is 25.8 Å². The molecular formula is C9H10N6O. The molecule has 0 aliphatic heterocycles. The standard InChI is InChI=1S/C9H10N6O/c10-8(14-16)6-5-13-15(9(6)11)7-3-1-2-4-12-7/h1-5,16H,11H2,(H2,10,14). The second kappa shape index (κ2) is 3.89. The molecule has 0 aliphatic carbocycles. The molecular weight excluding hydrogens is 208 g/mol. The van der Waals surface area contributed by atoms with Gasteiger partial charge in [0.1, 0.15) is 5.82 Å². The SMILES string of the molecule is NC(=NO)c1cnn(-c2ccccn2)c1N. The third-order valence-electron chi connectivity index (χ3n) is 2.06. The Morgan fingerprint density at radius 2 is 2.25 bits per heavy atom. The molecule has 5 N–H and O–H groups in total. The summed E-state index contributed by atoms with van der Waals surface area (Å²) in [4.78, 5) is 4.09. The Hall–Kier alpha value is -2.57. The van der Waals surface area contributed by atoms with E-state index in [0.717, 1.165) is 0 Å². The fourth-order valence-corrected chi connectivity index (χ4v) is 1.27. The molecule has 0 saturated carbocycles. The molecule has 7 heteroatoms. The third kappa shape index (κ3) is 1.54. The van der Waals surface area contributed by atoms with Gasteiger partial charge in [0, 0.05) is 6.20 Å². The van der Waals surface area contributed by atoms with Crippen molar-refractivity contribution in [3.8, 4) is 5.82 Å². The van der Waals surface area contributed by atoms with E-state index in [1.165, 1.54) is 10.9 Å². The fourth-order valence-electron chi connectivity index (χ4n) is 1.27. The first kappa shape index (κ1) is 9.97. The van der Waals surface area contributed by atoms with E-state index in [-0.39, 0.29) is 11.7 Å². The van der Waals surface area contributed by atoms with E-state index >= 15 is 0 Å². The average Bonchev–Trinajstić information content (AvgIpc) is 2.71. The van der Waals surface area contributed by atoms with Gasteiger partial charge in [-0.25, -0.2) is 4.98 Å². The molecule has 16 heavy (non-hydrogen) atoms. The van der Waals surface area contributed by atoms with Crippen LogP contribution in [0.5, 0.6) is 0 Å². The molecule has 2 aromatic rings. The van der Waals surface area contributed by atoms with E-state index in [1.54, 1.807) is 18.3 Å². The quantitative estimate of drug-likeness (QED) is 0.283. The van der Waals surface area contributed by atoms with Crippen molar-refractivity contribution in [2.45, 2.75) is 0 Å². The van der Waals surface area contributed by atoms with Gasteiger partial charge >= 0.3 is 0 Å². The number of nitrogens with zero attached hydrogens (tertiary/aromatic N) is 4. The van der Waals surface area contributed by atoms with Gasteiger partial charge in [-0.05, 0) is 12.1 Å². The molecule has 0 aliphatic rings. The van der Waals surface area contributed by atoms with Gasteiger partial charge < -0.3 is 16.7 Å². The molecule has 0 aromatic carbocycles. The summed E-state index contributed by atoms with van der Waals surface area (Å²) in [5.74, 6) is 0.755. The number of pyridine rings is 1. The Labute approximate surface area is 91.0 Å². The van der Waals surface area contributed by atoms with Gasteiger partial charge in [-0.1, -0.05) is 11.2 Å². The number of nitrogens with two attached hydrogens (primary N) is 2. The van der Waals surface area contributed by atoms with Crippen LogP contribution in [0.4, 0.5) is 5.82 Å². The topological polar surface area (TPSA) is 115 Å². The lowest BCUT2D eigenvalue weighted by atomic mass is 10.3. The van der Waals surface area contributed by atoms with Crippen LogP contribution >= 0.6 is 0 Å². The molecule has 0 unspecified atom stereocenters. The van der Waals surface area contributed by atoms with Crippen LogP contribution in [0.15, 0.2) is 35.7 Å². The molecule has 2 heterocycles. The van der Waals surface area contributed by atoms with Gasteiger partial charge in [-0.2, -0.15) is 9.78 Å². The molecule has 82 valence electrons. The minimum Gasteiger partial charge on any atom is -0.409 e. The monoisotopic (exact) mass is 218 g/mol. The van der Waals surface area contributed by atoms with Crippen molar-refractivity contribution in [1.82, 2.24) is 14.8 Å². The third-order valence-corrected chi connectivity index (χ3v) is 2.06. The summed E-state index contributed by atoms with van der Waals surface area (Å²) in [6.45, 7) is 0. The summed E-state index contributed by atoms with van der Waals surface area (Å²) in [6, 6.07) is 5.35. The number of aromatic nitrogens is 3. The van der Waals surface area contributed by atoms with Crippen LogP contribution in [0, 0.1) is 0 Å². The van der Waals surface area contributed by atoms with Crippen molar-refractivity contribution < 1.29 is 5.21 Å². The lowest BCUT2D eigenvalue weighted by molar-refractivity contribution is 0.318. The zero-order valence-electron chi connectivity index (χ0n) is 8.28. The Bertz CT molecular complexity index is 518. The van der Waals surface area contributed by atoms with Crippen molar-refractivity contribution in [3.05, 3.63) is 36.2 Å². The van der Waals surface area contributed by atoms with Gasteiger partial charge in [-0.3, -0.25) is 0 Å². The largest absolute Gasteiger partial charge is 0.409 e. The Kier molecular flexibility index (Phi) is 2.42. The van der Waals surface area contributed by atoms with Gasteiger partial charge in [0.25, 0.3) is 0 Å². The van der Waals surface area contributed by atoms with Gasteiger partial charge in [0.05, 0.1) is 11.8 Å². The normalized spacial score (nSPS) is 11.6. The summed E-state index contributed by atoms with van der Waals surface area (Å²) in [5, 5.41) is 15.4. The van der Waals surface area contributed by atoms with Gasteiger partial charge in [0.2, 0.25) is 0 Å². The van der Waals surface area contributed by atoms with E-state index in [2.05, 4.69) is 15.2 Å². The molecule has 0 saturated heterocycles. The molecule has 0 fully saturated rings. The Morgan fingerprint density at radius 3 is 2.88 bits per heavy atom. The lowest BCUT2D eigenvalue weighted by Gasteiger charge is -2.02. The Morgan fingerprint density at radius 1 is 1.44 bits per heavy atom. The summed E-state index contributed by atoms with van der Waals surface area (Å²) < 4.78 is 1.41. The second-order valence-electron chi connectivity index (χ2n) is 3.03. The minimum atomic E-state index is -0.0836. The van der Waals surface area contributed by atoms with E-state index in [1.807, 2.05) is 6.07 Å². The molecule has 0 radical (unpaired) electrons. The number of anilines is 1. The van der Waals surface area contributed by atoms with Crippen LogP contribution in [0.25, 0.3) is 5.82 Å². The Balaban J connectivity index is 2.50. The molecule has 2 aromatic heterocycles. The highest BCUT2D eigenvalue weighted by Crippen LogP contribution is 2.14. The summed E-state index contributed by atoms with van der Waals surface area (Å²) in [6.07, 6.45) is 3.04. The minimum absolute atomic E-state index is 0.0836. The van der Waals surface area contributed by atoms with Crippen molar-refractivity contribution in [2.75, 3.05) is 5.73 Å². The molecule has 2 rings (SSSR count). The van der Waals surface area contributed by atoms with Crippen LogP contribution in [0.3, 0.4) is 0 Å². The highest BCUT2D eigenvalue weighted by atomic mass is 16.4. The molecule has 0 bridgehead atoms. The first-order valence-electron chi connectivity index (χ1n) is 4.47. The van der Waals surface area contributed by atoms with Crippen LogP contribution in [-0.2, 0) is 0 Å². The molecule has 0 spiro atoms. The number of hydrogen-bond acceptors (Lipinski definition) is 5. The van der Waals surface area contributed by atoms with Crippen LogP contribution in [0.1, 0.15) is 5.56 Å². The summed E-state index contributed by atoms with van der Waals surface area (Å²) in [7, 11) is 0. The highest BCUT2D eigenvalue weighted by molar-refractivity contribution is 6.00. The first-order chi connectivity index (χ1) is 7.74. The van der Waals surface area contributed by atoms with Gasteiger partial charge in [-0.15, -0.1) is 0 Å². The number of amidine groups is 1. The maximum atomic E-state index is 8.55. The van der Waals surface area contributed by atoms with Crippen LogP contribution < -0.4 is 11.5 Å². The molecule has 7 nitrogen and oxygen atoms in total. The second-order valence-corrected chi connectivity index (χ2v) is 3.03. The summed E-state index contributed by atoms with van der Waals surface area (Å²) in [5.41, 5.74) is 11.6. The zero-order valence-corrected chi connectivity index (χ0v) is 8.28. The first-order valence-corrected chi connectivity index (χ1v) is 4.47. The van der Waals surface area contributed by atoms with E-state index in [0.29, 0.717) is 11.4 Å². The number of nitrogen functional groups attached to an aromatic ring is 1. The predicted octanol–water partition coefficient (Wildman–Crippen LogP) is -0.0560. The average molecular weight is 218 g/mol. The van der Waals surface area contributed by atoms with Crippen molar-refractivity contribution >= 4 is 11.7 Å². The maximum absolute atomic E-state index is 8.55. The lowest BCUT2D eigenvalue weighted by Crippen LogP contribution is -2.15. The molecule has 0 atom stereocenters. The van der Waals surface area contributed by atoms with Crippen molar-refractivity contribution in [1.29, 1.82) is 0 Å². The molecule has 0 amide bonds. The smallest absolute Gasteiger partial charge is 0.175 e.